The maximum absolute atomic E-state index is 10.8. The van der Waals surface area contributed by atoms with Gasteiger partial charge in [0.1, 0.15) is 5.60 Å². The topological polar surface area (TPSA) is 62.2 Å². The van der Waals surface area contributed by atoms with Crippen molar-refractivity contribution in [1.29, 1.82) is 0 Å². The molecule has 0 bridgehead atoms. The van der Waals surface area contributed by atoms with Gasteiger partial charge in [0.25, 0.3) is 0 Å². The minimum absolute atomic E-state index is 0.0145. The average molecular weight is 335 g/mol. The number of ether oxygens (including phenoxy) is 2. The highest BCUT2D eigenvalue weighted by atomic mass is 16.5. The number of hydrogen-bond acceptors (Lipinski definition) is 5. The first-order valence-electron chi connectivity index (χ1n) is 8.86. The summed E-state index contributed by atoms with van der Waals surface area (Å²) in [5, 5.41) is 20.8. The second kappa shape index (κ2) is 7.50. The van der Waals surface area contributed by atoms with Crippen molar-refractivity contribution in [3.63, 3.8) is 0 Å². The molecule has 2 N–H and O–H groups in total. The Morgan fingerprint density at radius 3 is 2.62 bits per heavy atom. The fourth-order valence-corrected chi connectivity index (χ4v) is 3.80. The predicted molar refractivity (Wildman–Crippen MR) is 92.1 cm³/mol. The van der Waals surface area contributed by atoms with Crippen molar-refractivity contribution in [2.24, 2.45) is 0 Å². The third kappa shape index (κ3) is 4.16. The molecule has 24 heavy (non-hydrogen) atoms. The van der Waals surface area contributed by atoms with Crippen LogP contribution in [0.25, 0.3) is 0 Å². The Morgan fingerprint density at radius 1 is 1.17 bits per heavy atom. The van der Waals surface area contributed by atoms with E-state index in [1.54, 1.807) is 0 Å². The highest BCUT2D eigenvalue weighted by Gasteiger charge is 2.40. The summed E-state index contributed by atoms with van der Waals surface area (Å²) in [6, 6.07) is 8.24. The predicted octanol–water partition coefficient (Wildman–Crippen LogP) is 1.14. The third-order valence-electron chi connectivity index (χ3n) is 5.33. The number of aliphatic hydroxyl groups is 2. The molecular formula is C19H29NO4. The summed E-state index contributed by atoms with van der Waals surface area (Å²) in [5.74, 6) is 0. The molecule has 2 heterocycles. The number of morpholine rings is 1. The van der Waals surface area contributed by atoms with Crippen LogP contribution >= 0.6 is 0 Å². The van der Waals surface area contributed by atoms with Gasteiger partial charge in [-0.05, 0) is 18.1 Å². The Balaban J connectivity index is 1.68. The van der Waals surface area contributed by atoms with E-state index in [0.29, 0.717) is 52.2 Å². The summed E-state index contributed by atoms with van der Waals surface area (Å²) in [4.78, 5) is 2.24. The van der Waals surface area contributed by atoms with Gasteiger partial charge in [-0.1, -0.05) is 24.3 Å². The maximum Gasteiger partial charge on any atom is 0.108 e. The molecule has 1 aromatic rings. The molecule has 0 radical (unpaired) electrons. The molecule has 1 aromatic carbocycles. The zero-order chi connectivity index (χ0) is 17.0. The molecule has 134 valence electrons. The Kier molecular flexibility index (Phi) is 5.57. The van der Waals surface area contributed by atoms with Crippen LogP contribution in [0.4, 0.5) is 0 Å². The summed E-state index contributed by atoms with van der Waals surface area (Å²) in [5.41, 5.74) is 1.15. The first kappa shape index (κ1) is 17.8. The van der Waals surface area contributed by atoms with Crippen LogP contribution in [-0.4, -0.2) is 72.4 Å². The quantitative estimate of drug-likeness (QED) is 0.845. The number of benzene rings is 1. The number of nitrogens with zero attached hydrogens (tertiary/aromatic N) is 1. The van der Waals surface area contributed by atoms with Crippen molar-refractivity contribution < 1.29 is 19.7 Å². The first-order valence-corrected chi connectivity index (χ1v) is 8.86. The van der Waals surface area contributed by atoms with E-state index in [1.807, 2.05) is 12.1 Å². The Bertz CT molecular complexity index is 544. The van der Waals surface area contributed by atoms with E-state index in [2.05, 4.69) is 24.0 Å². The van der Waals surface area contributed by atoms with Gasteiger partial charge in [-0.25, -0.2) is 0 Å². The van der Waals surface area contributed by atoms with Gasteiger partial charge in [0, 0.05) is 52.1 Å². The summed E-state index contributed by atoms with van der Waals surface area (Å²) < 4.78 is 11.4. The van der Waals surface area contributed by atoms with Gasteiger partial charge >= 0.3 is 0 Å². The van der Waals surface area contributed by atoms with E-state index in [1.165, 1.54) is 11.1 Å². The minimum atomic E-state index is -0.681. The molecule has 2 aliphatic rings. The van der Waals surface area contributed by atoms with Gasteiger partial charge in [-0.15, -0.1) is 0 Å². The van der Waals surface area contributed by atoms with Crippen LogP contribution < -0.4 is 0 Å². The summed E-state index contributed by atoms with van der Waals surface area (Å²) in [7, 11) is 0. The zero-order valence-corrected chi connectivity index (χ0v) is 14.5. The molecule has 3 rings (SSSR count). The van der Waals surface area contributed by atoms with Crippen LogP contribution in [0.5, 0.6) is 0 Å². The van der Waals surface area contributed by atoms with Gasteiger partial charge in [-0.2, -0.15) is 0 Å². The van der Waals surface area contributed by atoms with Crippen LogP contribution in [0.15, 0.2) is 24.3 Å². The van der Waals surface area contributed by atoms with Crippen LogP contribution in [0.2, 0.25) is 0 Å². The Hall–Kier alpha value is -0.980. The van der Waals surface area contributed by atoms with Gasteiger partial charge in [0.2, 0.25) is 0 Å². The fourth-order valence-electron chi connectivity index (χ4n) is 3.80. The van der Waals surface area contributed by atoms with Crippen molar-refractivity contribution in [2.75, 3.05) is 46.1 Å². The summed E-state index contributed by atoms with van der Waals surface area (Å²) in [6.07, 6.45) is 2.04. The Labute approximate surface area is 144 Å². The molecule has 2 fully saturated rings. The van der Waals surface area contributed by atoms with Gasteiger partial charge in [0.15, 0.2) is 0 Å². The second-order valence-corrected chi connectivity index (χ2v) is 7.34. The molecule has 1 atom stereocenters. The molecule has 0 spiro atoms. The highest BCUT2D eigenvalue weighted by molar-refractivity contribution is 5.27. The molecule has 2 aliphatic heterocycles. The number of β-amino-alcohol motifs (C(OH)–C–C–N with tert-alkyl or cyclic N) is 1. The lowest BCUT2D eigenvalue weighted by atomic mass is 9.89. The van der Waals surface area contributed by atoms with Crippen LogP contribution in [0.3, 0.4) is 0 Å². The zero-order valence-electron chi connectivity index (χ0n) is 14.5. The molecule has 0 aromatic heterocycles. The monoisotopic (exact) mass is 335 g/mol. The van der Waals surface area contributed by atoms with E-state index in [4.69, 9.17) is 9.47 Å². The van der Waals surface area contributed by atoms with E-state index >= 15 is 0 Å². The first-order chi connectivity index (χ1) is 11.5. The second-order valence-electron chi connectivity index (χ2n) is 7.34. The fraction of sp³-hybridized carbons (Fsp3) is 0.684. The molecule has 5 heteroatoms. The number of aliphatic hydroxyl groups excluding tert-OH is 1. The molecule has 0 aliphatic carbocycles. The van der Waals surface area contributed by atoms with E-state index in [0.717, 1.165) is 6.54 Å². The summed E-state index contributed by atoms with van der Waals surface area (Å²) >= 11 is 0. The number of rotatable bonds is 5. The molecule has 2 saturated heterocycles. The summed E-state index contributed by atoms with van der Waals surface area (Å²) in [6.45, 7) is 5.95. The number of aryl methyl sites for hydroxylation is 1. The van der Waals surface area contributed by atoms with Gasteiger partial charge in [0.05, 0.1) is 18.8 Å². The largest absolute Gasteiger partial charge is 0.393 e. The van der Waals surface area contributed by atoms with Crippen molar-refractivity contribution in [3.8, 4) is 0 Å². The van der Waals surface area contributed by atoms with Crippen LogP contribution in [0.1, 0.15) is 24.0 Å². The third-order valence-corrected chi connectivity index (χ3v) is 5.33. The number of hydrogen-bond donors (Lipinski definition) is 2. The normalized spacial score (nSPS) is 28.0. The van der Waals surface area contributed by atoms with E-state index < -0.39 is 11.2 Å². The highest BCUT2D eigenvalue weighted by Crippen LogP contribution is 2.28. The lowest BCUT2D eigenvalue weighted by Crippen LogP contribution is -2.59. The van der Waals surface area contributed by atoms with Gasteiger partial charge in [-0.3, -0.25) is 4.90 Å². The van der Waals surface area contributed by atoms with Crippen molar-refractivity contribution in [1.82, 2.24) is 4.90 Å². The molecule has 0 amide bonds. The van der Waals surface area contributed by atoms with E-state index in [9.17, 15) is 10.2 Å². The molecular weight excluding hydrogens is 306 g/mol. The van der Waals surface area contributed by atoms with Crippen LogP contribution in [0, 0.1) is 6.92 Å². The molecule has 5 nitrogen and oxygen atoms in total. The lowest BCUT2D eigenvalue weighted by molar-refractivity contribution is -0.152. The van der Waals surface area contributed by atoms with Gasteiger partial charge < -0.3 is 19.7 Å². The van der Waals surface area contributed by atoms with Crippen molar-refractivity contribution in [3.05, 3.63) is 35.4 Å². The van der Waals surface area contributed by atoms with E-state index in [-0.39, 0.29) is 6.61 Å². The standard InChI is InChI=1S/C19H29NO4/c1-16-4-2-3-5-17(16)12-19(15-21)14-20(8-11-24-19)13-18(22)6-9-23-10-7-18/h2-5,21-22H,6-15H2,1H3/t19-/m0/s1. The maximum atomic E-state index is 10.8. The van der Waals surface area contributed by atoms with Crippen molar-refractivity contribution in [2.45, 2.75) is 37.4 Å². The smallest absolute Gasteiger partial charge is 0.108 e. The molecule has 0 saturated carbocycles. The van der Waals surface area contributed by atoms with Crippen molar-refractivity contribution >= 4 is 0 Å². The SMILES string of the molecule is Cc1ccccc1C[C@@]1(CO)CN(CC2(O)CCOCC2)CCO1. The average Bonchev–Trinajstić information content (AvgIpc) is 2.57. The molecule has 0 unspecified atom stereocenters. The lowest BCUT2D eigenvalue weighted by Gasteiger charge is -2.45. The minimum Gasteiger partial charge on any atom is -0.393 e. The van der Waals surface area contributed by atoms with Crippen LogP contribution in [-0.2, 0) is 15.9 Å². The Morgan fingerprint density at radius 2 is 1.92 bits per heavy atom.